The molecule has 0 saturated heterocycles. The first kappa shape index (κ1) is 13.1. The number of hydrogen-bond acceptors (Lipinski definition) is 3. The van der Waals surface area contributed by atoms with Crippen molar-refractivity contribution in [2.24, 2.45) is 5.73 Å². The van der Waals surface area contributed by atoms with E-state index >= 15 is 0 Å². The van der Waals surface area contributed by atoms with Crippen LogP contribution < -0.4 is 15.2 Å². The van der Waals surface area contributed by atoms with Crippen molar-refractivity contribution in [3.8, 4) is 11.5 Å². The van der Waals surface area contributed by atoms with Crippen molar-refractivity contribution in [1.82, 2.24) is 0 Å². The summed E-state index contributed by atoms with van der Waals surface area (Å²) >= 11 is 0. The lowest BCUT2D eigenvalue weighted by molar-refractivity contribution is 0.285. The molecule has 0 spiro atoms. The maximum absolute atomic E-state index is 13.7. The largest absolute Gasteiger partial charge is 0.496 e. The van der Waals surface area contributed by atoms with Gasteiger partial charge in [-0.05, 0) is 18.9 Å². The van der Waals surface area contributed by atoms with Crippen molar-refractivity contribution in [2.45, 2.75) is 37.6 Å². The fourth-order valence-corrected chi connectivity index (χ4v) is 2.70. The van der Waals surface area contributed by atoms with Gasteiger partial charge in [-0.1, -0.05) is 19.3 Å². The van der Waals surface area contributed by atoms with Gasteiger partial charge < -0.3 is 15.2 Å². The summed E-state index contributed by atoms with van der Waals surface area (Å²) in [5, 5.41) is 0. The maximum Gasteiger partial charge on any atom is 0.168 e. The predicted molar refractivity (Wildman–Crippen MR) is 68.5 cm³/mol. The second-order valence-corrected chi connectivity index (χ2v) is 4.90. The van der Waals surface area contributed by atoms with E-state index in [0.717, 1.165) is 31.2 Å². The smallest absolute Gasteiger partial charge is 0.168 e. The van der Waals surface area contributed by atoms with Crippen LogP contribution in [-0.2, 0) is 5.54 Å². The van der Waals surface area contributed by atoms with E-state index < -0.39 is 11.4 Å². The van der Waals surface area contributed by atoms with Crippen molar-refractivity contribution < 1.29 is 13.9 Å². The minimum atomic E-state index is -0.426. The molecule has 0 radical (unpaired) electrons. The van der Waals surface area contributed by atoms with Gasteiger partial charge in [-0.25, -0.2) is 4.39 Å². The SMILES string of the molecule is COc1cc(C2(N)CCCCC2)c(OC)cc1F. The molecule has 1 aromatic rings. The minimum Gasteiger partial charge on any atom is -0.496 e. The number of nitrogens with two attached hydrogens (primary N) is 1. The monoisotopic (exact) mass is 253 g/mol. The normalized spacial score (nSPS) is 18.4. The summed E-state index contributed by atoms with van der Waals surface area (Å²) in [6.45, 7) is 0. The molecule has 0 aromatic heterocycles. The van der Waals surface area contributed by atoms with Gasteiger partial charge in [0.2, 0.25) is 0 Å². The van der Waals surface area contributed by atoms with Crippen LogP contribution in [0.3, 0.4) is 0 Å². The zero-order chi connectivity index (χ0) is 13.2. The molecular weight excluding hydrogens is 233 g/mol. The molecule has 1 aromatic carbocycles. The highest BCUT2D eigenvalue weighted by Crippen LogP contribution is 2.41. The third kappa shape index (κ3) is 2.29. The molecule has 1 aliphatic rings. The molecule has 1 fully saturated rings. The summed E-state index contributed by atoms with van der Waals surface area (Å²) in [6.07, 6.45) is 5.20. The van der Waals surface area contributed by atoms with E-state index in [1.165, 1.54) is 26.7 Å². The van der Waals surface area contributed by atoms with Gasteiger partial charge in [0.25, 0.3) is 0 Å². The standard InChI is InChI=1S/C14H20FNO2/c1-17-12-9-11(15)13(18-2)8-10(12)14(16)6-4-3-5-7-14/h8-9H,3-7,16H2,1-2H3. The predicted octanol–water partition coefficient (Wildman–Crippen LogP) is 2.96. The summed E-state index contributed by atoms with van der Waals surface area (Å²) in [5.74, 6) is 0.316. The fourth-order valence-electron chi connectivity index (χ4n) is 2.70. The number of methoxy groups -OCH3 is 2. The van der Waals surface area contributed by atoms with E-state index in [2.05, 4.69) is 0 Å². The maximum atomic E-state index is 13.7. The summed E-state index contributed by atoms with van der Waals surface area (Å²) < 4.78 is 24.0. The molecule has 2 rings (SSSR count). The van der Waals surface area contributed by atoms with Crippen LogP contribution in [0.5, 0.6) is 11.5 Å². The van der Waals surface area contributed by atoms with Crippen molar-refractivity contribution >= 4 is 0 Å². The van der Waals surface area contributed by atoms with Crippen molar-refractivity contribution in [1.29, 1.82) is 0 Å². The lowest BCUT2D eigenvalue weighted by atomic mass is 9.77. The molecule has 2 N–H and O–H groups in total. The van der Waals surface area contributed by atoms with Crippen LogP contribution in [0.25, 0.3) is 0 Å². The number of halogens is 1. The summed E-state index contributed by atoms with van der Waals surface area (Å²) in [4.78, 5) is 0. The summed E-state index contributed by atoms with van der Waals surface area (Å²) in [6, 6.07) is 3.04. The van der Waals surface area contributed by atoms with Crippen LogP contribution >= 0.6 is 0 Å². The van der Waals surface area contributed by atoms with E-state index in [1.54, 1.807) is 6.07 Å². The molecule has 0 unspecified atom stereocenters. The van der Waals surface area contributed by atoms with E-state index in [4.69, 9.17) is 15.2 Å². The van der Waals surface area contributed by atoms with Gasteiger partial charge in [0.15, 0.2) is 11.6 Å². The number of rotatable bonds is 3. The Hall–Kier alpha value is -1.29. The molecule has 4 heteroatoms. The average molecular weight is 253 g/mol. The van der Waals surface area contributed by atoms with Crippen molar-refractivity contribution in [3.05, 3.63) is 23.5 Å². The summed E-state index contributed by atoms with van der Waals surface area (Å²) in [5.41, 5.74) is 6.90. The lowest BCUT2D eigenvalue weighted by Crippen LogP contribution is -2.39. The Labute approximate surface area is 107 Å². The van der Waals surface area contributed by atoms with Crippen molar-refractivity contribution in [3.63, 3.8) is 0 Å². The van der Waals surface area contributed by atoms with Gasteiger partial charge in [0, 0.05) is 17.2 Å². The van der Waals surface area contributed by atoms with E-state index in [-0.39, 0.29) is 5.75 Å². The Morgan fingerprint density at radius 2 is 1.67 bits per heavy atom. The Morgan fingerprint density at radius 1 is 1.06 bits per heavy atom. The third-order valence-corrected chi connectivity index (χ3v) is 3.76. The Balaban J connectivity index is 2.47. The molecule has 0 bridgehead atoms. The number of ether oxygens (including phenoxy) is 2. The first-order valence-electron chi connectivity index (χ1n) is 6.31. The van der Waals surface area contributed by atoms with Crippen LogP contribution in [-0.4, -0.2) is 14.2 Å². The molecule has 3 nitrogen and oxygen atoms in total. The molecule has 0 atom stereocenters. The Bertz CT molecular complexity index is 428. The first-order chi connectivity index (χ1) is 8.60. The molecule has 100 valence electrons. The van der Waals surface area contributed by atoms with Crippen molar-refractivity contribution in [2.75, 3.05) is 14.2 Å². The van der Waals surface area contributed by atoms with Crippen LogP contribution in [0, 0.1) is 5.82 Å². The first-order valence-corrected chi connectivity index (χ1v) is 6.31. The van der Waals surface area contributed by atoms with E-state index in [9.17, 15) is 4.39 Å². The fraction of sp³-hybridized carbons (Fsp3) is 0.571. The second kappa shape index (κ2) is 5.14. The lowest BCUT2D eigenvalue weighted by Gasteiger charge is -2.35. The highest BCUT2D eigenvalue weighted by Gasteiger charge is 2.33. The van der Waals surface area contributed by atoms with Gasteiger partial charge in [-0.15, -0.1) is 0 Å². The van der Waals surface area contributed by atoms with Crippen LogP contribution in [0.2, 0.25) is 0 Å². The topological polar surface area (TPSA) is 44.5 Å². The number of benzene rings is 1. The molecule has 0 heterocycles. The second-order valence-electron chi connectivity index (χ2n) is 4.90. The van der Waals surface area contributed by atoms with Gasteiger partial charge in [-0.3, -0.25) is 0 Å². The Morgan fingerprint density at radius 3 is 2.22 bits per heavy atom. The third-order valence-electron chi connectivity index (χ3n) is 3.76. The van der Waals surface area contributed by atoms with E-state index in [0.29, 0.717) is 5.75 Å². The molecular formula is C14H20FNO2. The molecule has 0 aliphatic heterocycles. The van der Waals surface area contributed by atoms with Crippen LogP contribution in [0.1, 0.15) is 37.7 Å². The van der Waals surface area contributed by atoms with Crippen LogP contribution in [0.15, 0.2) is 12.1 Å². The zero-order valence-corrected chi connectivity index (χ0v) is 11.0. The van der Waals surface area contributed by atoms with Gasteiger partial charge >= 0.3 is 0 Å². The molecule has 0 amide bonds. The highest BCUT2D eigenvalue weighted by molar-refractivity contribution is 5.45. The molecule has 1 aliphatic carbocycles. The molecule has 1 saturated carbocycles. The van der Waals surface area contributed by atoms with E-state index in [1.807, 2.05) is 0 Å². The van der Waals surface area contributed by atoms with Gasteiger partial charge in [-0.2, -0.15) is 0 Å². The summed E-state index contributed by atoms with van der Waals surface area (Å²) in [7, 11) is 3.00. The zero-order valence-electron chi connectivity index (χ0n) is 11.0. The van der Waals surface area contributed by atoms with Crippen LogP contribution in [0.4, 0.5) is 4.39 Å². The van der Waals surface area contributed by atoms with Gasteiger partial charge in [0.1, 0.15) is 5.75 Å². The number of hydrogen-bond donors (Lipinski definition) is 1. The highest BCUT2D eigenvalue weighted by atomic mass is 19.1. The molecule has 18 heavy (non-hydrogen) atoms. The minimum absolute atomic E-state index is 0.223. The average Bonchev–Trinajstić information content (AvgIpc) is 2.39. The Kier molecular flexibility index (Phi) is 3.76. The van der Waals surface area contributed by atoms with Gasteiger partial charge in [0.05, 0.1) is 14.2 Å². The quantitative estimate of drug-likeness (QED) is 0.900.